The Kier molecular flexibility index (Phi) is 8.54. The number of allylic oxidation sites excluding steroid dienone is 1. The van der Waals surface area contributed by atoms with Gasteiger partial charge < -0.3 is 10.2 Å². The second-order valence-corrected chi connectivity index (χ2v) is 16.9. The van der Waals surface area contributed by atoms with E-state index in [4.69, 9.17) is 0 Å². The molecule has 1 aromatic carbocycles. The van der Waals surface area contributed by atoms with Crippen molar-refractivity contribution in [2.45, 2.75) is 126 Å². The first kappa shape index (κ1) is 32.0. The Morgan fingerprint density at radius 2 is 1.71 bits per heavy atom. The molecule has 0 saturated heterocycles. The van der Waals surface area contributed by atoms with Crippen molar-refractivity contribution in [1.29, 1.82) is 0 Å². The molecule has 8 heteroatoms. The van der Waals surface area contributed by atoms with Gasteiger partial charge in [0.2, 0.25) is 0 Å². The quantitative estimate of drug-likeness (QED) is 0.294. The molecule has 0 radical (unpaired) electrons. The molecule has 2 unspecified atom stereocenters. The van der Waals surface area contributed by atoms with Crippen molar-refractivity contribution >= 4 is 9.84 Å². The van der Waals surface area contributed by atoms with Crippen LogP contribution in [0, 0.1) is 40.4 Å². The van der Waals surface area contributed by atoms with E-state index in [9.17, 15) is 31.8 Å². The Balaban J connectivity index is 1.43. The molecule has 5 rings (SSSR count). The summed E-state index contributed by atoms with van der Waals surface area (Å²) in [6.45, 7) is 8.67. The van der Waals surface area contributed by atoms with Gasteiger partial charge in [-0.2, -0.15) is 13.2 Å². The molecule has 0 aromatic heterocycles. The van der Waals surface area contributed by atoms with Crippen LogP contribution in [0.15, 0.2) is 46.9 Å². The second-order valence-electron chi connectivity index (χ2n) is 14.7. The summed E-state index contributed by atoms with van der Waals surface area (Å²) in [5, 5.41) is 20.5. The molecule has 4 aliphatic rings. The van der Waals surface area contributed by atoms with Gasteiger partial charge in [0.15, 0.2) is 9.84 Å². The minimum Gasteiger partial charge on any atom is -0.393 e. The Morgan fingerprint density at radius 1 is 1.02 bits per heavy atom. The maximum Gasteiger partial charge on any atom is 0.391 e. The predicted molar refractivity (Wildman–Crippen MR) is 158 cm³/mol. The minimum absolute atomic E-state index is 0.0414. The molecule has 0 bridgehead atoms. The van der Waals surface area contributed by atoms with Gasteiger partial charge in [0.1, 0.15) is 0 Å². The van der Waals surface area contributed by atoms with Gasteiger partial charge in [-0.25, -0.2) is 8.42 Å². The number of sulfone groups is 1. The van der Waals surface area contributed by atoms with Crippen molar-refractivity contribution < 1.29 is 31.8 Å². The molecule has 10 atom stereocenters. The topological polar surface area (TPSA) is 74.6 Å². The lowest BCUT2D eigenvalue weighted by atomic mass is 9.46. The van der Waals surface area contributed by atoms with E-state index >= 15 is 0 Å². The first-order chi connectivity index (χ1) is 19.5. The summed E-state index contributed by atoms with van der Waals surface area (Å²) in [6.07, 6.45) is 2.40. The number of halogens is 3. The van der Waals surface area contributed by atoms with Crippen LogP contribution in [0.5, 0.6) is 0 Å². The summed E-state index contributed by atoms with van der Waals surface area (Å²) in [4.78, 5) is 0.103. The molecule has 0 spiro atoms. The van der Waals surface area contributed by atoms with Crippen LogP contribution in [-0.2, 0) is 9.84 Å². The first-order valence-electron chi connectivity index (χ1n) is 16.0. The lowest BCUT2D eigenvalue weighted by Gasteiger charge is -2.59. The lowest BCUT2D eigenvalue weighted by Crippen LogP contribution is -2.53. The molecule has 1 aromatic rings. The Hall–Kier alpha value is -1.38. The molecular formula is C34H49F3O4S. The standard InChI is InChI=1S/C34H49F3O4S/c1-5-33(39)18-17-31(3)23(20-33)11-12-26-28-14-13-27(32(28,4)16-15-29(26)31)22(2)30(19-24(38)21-34(35,36)37)42(40,41)25-9-7-6-8-10-25/h6-11,22,24,26-30,38-39H,5,12-21H2,1-4H3/t22-,24?,26-,27+,28-,29-,30?,31-,32+,33-/m0/s1. The van der Waals surface area contributed by atoms with Gasteiger partial charge in [-0.05, 0) is 117 Å². The normalized spacial score (nSPS) is 38.9. The van der Waals surface area contributed by atoms with E-state index in [0.717, 1.165) is 57.8 Å². The molecule has 3 fully saturated rings. The van der Waals surface area contributed by atoms with Gasteiger partial charge in [0.25, 0.3) is 0 Å². The van der Waals surface area contributed by atoms with Gasteiger partial charge in [0, 0.05) is 0 Å². The van der Waals surface area contributed by atoms with Crippen LogP contribution >= 0.6 is 0 Å². The molecule has 4 aliphatic carbocycles. The molecule has 0 aliphatic heterocycles. The molecule has 0 heterocycles. The van der Waals surface area contributed by atoms with Crippen molar-refractivity contribution in [3.63, 3.8) is 0 Å². The average molecular weight is 611 g/mol. The molecule has 0 amide bonds. The monoisotopic (exact) mass is 610 g/mol. The van der Waals surface area contributed by atoms with Crippen LogP contribution in [0.1, 0.15) is 98.3 Å². The van der Waals surface area contributed by atoms with Crippen LogP contribution < -0.4 is 0 Å². The zero-order valence-corrected chi connectivity index (χ0v) is 26.4. The third-order valence-electron chi connectivity index (χ3n) is 12.6. The predicted octanol–water partition coefficient (Wildman–Crippen LogP) is 7.89. The summed E-state index contributed by atoms with van der Waals surface area (Å²) in [6, 6.07) is 7.99. The number of hydrogen-bond donors (Lipinski definition) is 2. The number of aliphatic hydroxyl groups is 2. The molecule has 3 saturated carbocycles. The van der Waals surface area contributed by atoms with Crippen LogP contribution in [0.3, 0.4) is 0 Å². The largest absolute Gasteiger partial charge is 0.393 e. The highest BCUT2D eigenvalue weighted by atomic mass is 32.2. The molecule has 236 valence electrons. The average Bonchev–Trinajstić information content (AvgIpc) is 3.28. The molecule has 4 nitrogen and oxygen atoms in total. The molecule has 2 N–H and O–H groups in total. The van der Waals surface area contributed by atoms with Gasteiger partial charge >= 0.3 is 6.18 Å². The van der Waals surface area contributed by atoms with E-state index in [1.54, 1.807) is 18.2 Å². The van der Waals surface area contributed by atoms with Crippen molar-refractivity contribution in [1.82, 2.24) is 0 Å². The third kappa shape index (κ3) is 5.62. The Labute approximate surface area is 250 Å². The Morgan fingerprint density at radius 3 is 2.36 bits per heavy atom. The van der Waals surface area contributed by atoms with Crippen molar-refractivity contribution in [2.24, 2.45) is 40.4 Å². The highest BCUT2D eigenvalue weighted by Crippen LogP contribution is 2.68. The van der Waals surface area contributed by atoms with Crippen molar-refractivity contribution in [2.75, 3.05) is 0 Å². The van der Waals surface area contributed by atoms with Crippen LogP contribution in [0.25, 0.3) is 0 Å². The highest BCUT2D eigenvalue weighted by molar-refractivity contribution is 7.92. The zero-order valence-electron chi connectivity index (χ0n) is 25.5. The van der Waals surface area contributed by atoms with E-state index in [-0.39, 0.29) is 21.6 Å². The fourth-order valence-electron chi connectivity index (χ4n) is 10.2. The summed E-state index contributed by atoms with van der Waals surface area (Å²) < 4.78 is 67.6. The fraction of sp³-hybridized carbons (Fsp3) is 0.765. The summed E-state index contributed by atoms with van der Waals surface area (Å²) in [5.41, 5.74) is 0.778. The molecular weight excluding hydrogens is 561 g/mol. The maximum absolute atomic E-state index is 14.0. The third-order valence-corrected chi connectivity index (χ3v) is 15.0. The fourth-order valence-corrected chi connectivity index (χ4v) is 12.3. The number of fused-ring (bicyclic) bond motifs is 5. The van der Waals surface area contributed by atoms with E-state index in [0.29, 0.717) is 17.8 Å². The number of aliphatic hydroxyl groups excluding tert-OH is 1. The van der Waals surface area contributed by atoms with E-state index < -0.39 is 51.7 Å². The number of alkyl halides is 3. The van der Waals surface area contributed by atoms with Crippen molar-refractivity contribution in [3.8, 4) is 0 Å². The smallest absolute Gasteiger partial charge is 0.391 e. The number of benzene rings is 1. The van der Waals surface area contributed by atoms with Gasteiger partial charge in [-0.15, -0.1) is 0 Å². The van der Waals surface area contributed by atoms with Crippen molar-refractivity contribution in [3.05, 3.63) is 42.0 Å². The van der Waals surface area contributed by atoms with Gasteiger partial charge in [-0.1, -0.05) is 57.5 Å². The summed E-state index contributed by atoms with van der Waals surface area (Å²) in [5.74, 6) is 1.08. The zero-order chi connectivity index (χ0) is 30.7. The maximum atomic E-state index is 14.0. The summed E-state index contributed by atoms with van der Waals surface area (Å²) in [7, 11) is -3.98. The van der Waals surface area contributed by atoms with Gasteiger partial charge in [-0.3, -0.25) is 0 Å². The molecule has 42 heavy (non-hydrogen) atoms. The first-order valence-corrected chi connectivity index (χ1v) is 17.5. The van der Waals surface area contributed by atoms with Crippen LogP contribution in [0.2, 0.25) is 0 Å². The van der Waals surface area contributed by atoms with E-state index in [1.165, 1.54) is 17.7 Å². The van der Waals surface area contributed by atoms with E-state index in [1.807, 2.05) is 6.92 Å². The number of rotatable bonds is 8. The summed E-state index contributed by atoms with van der Waals surface area (Å²) >= 11 is 0. The lowest BCUT2D eigenvalue weighted by molar-refractivity contribution is -0.154. The van der Waals surface area contributed by atoms with Crippen LogP contribution in [-0.4, -0.2) is 41.8 Å². The minimum atomic E-state index is -4.57. The SMILES string of the molecule is CC[C@]1(O)CC[C@@]2(C)C(=CC[C@H]3[C@@H]4CC[C@H]([C@H](C)C(CC(O)CC(F)(F)F)S(=O)(=O)c5ccccc5)[C@@]4(C)CC[C@@H]32)C1. The Bertz CT molecular complexity index is 1260. The highest BCUT2D eigenvalue weighted by Gasteiger charge is 2.61. The van der Waals surface area contributed by atoms with Crippen LogP contribution in [0.4, 0.5) is 13.2 Å². The van der Waals surface area contributed by atoms with E-state index in [2.05, 4.69) is 26.8 Å². The van der Waals surface area contributed by atoms with Gasteiger partial charge in [0.05, 0.1) is 28.3 Å². The second kappa shape index (κ2) is 11.2. The number of hydrogen-bond acceptors (Lipinski definition) is 4.